The van der Waals surface area contributed by atoms with Crippen LogP contribution < -0.4 is 5.32 Å². The highest BCUT2D eigenvalue weighted by Crippen LogP contribution is 2.19. The van der Waals surface area contributed by atoms with Crippen LogP contribution in [0.4, 0.5) is 0 Å². The number of rotatable bonds is 5. The minimum atomic E-state index is 0.227. The van der Waals surface area contributed by atoms with Gasteiger partial charge < -0.3 is 10.2 Å². The van der Waals surface area contributed by atoms with Crippen LogP contribution in [0.1, 0.15) is 57.8 Å². The molecule has 19 heavy (non-hydrogen) atoms. The van der Waals surface area contributed by atoms with Gasteiger partial charge in [0.2, 0.25) is 5.91 Å². The van der Waals surface area contributed by atoms with Crippen LogP contribution in [-0.4, -0.2) is 37.0 Å². The molecule has 0 radical (unpaired) electrons. The Bertz CT molecular complexity index is 325. The number of nitrogens with zero attached hydrogens (tertiary/aromatic N) is 1. The Kier molecular flexibility index (Phi) is 5.90. The predicted molar refractivity (Wildman–Crippen MR) is 79.1 cm³/mol. The Balaban J connectivity index is 1.62. The summed E-state index contributed by atoms with van der Waals surface area (Å²) in [6, 6.07) is 0.619. The third-order valence-electron chi connectivity index (χ3n) is 4.52. The lowest BCUT2D eigenvalue weighted by Gasteiger charge is -2.32. The van der Waals surface area contributed by atoms with E-state index in [2.05, 4.69) is 23.3 Å². The molecular weight excluding hydrogens is 236 g/mol. The molecule has 1 atom stereocenters. The molecule has 1 fully saturated rings. The average molecular weight is 264 g/mol. The van der Waals surface area contributed by atoms with E-state index in [9.17, 15) is 4.79 Å². The maximum Gasteiger partial charge on any atom is 0.220 e. The lowest BCUT2D eigenvalue weighted by Crippen LogP contribution is -2.37. The largest absolute Gasteiger partial charge is 0.352 e. The molecule has 3 nitrogen and oxygen atoms in total. The molecule has 0 unspecified atom stereocenters. The number of carbonyl (C=O) groups excluding carboxylic acids is 1. The zero-order chi connectivity index (χ0) is 13.5. The molecule has 1 saturated heterocycles. The normalized spacial score (nSPS) is 24.9. The number of likely N-dealkylation sites (tertiary alicyclic amines) is 1. The standard InChI is InChI=1S/C16H28N2O/c1-18-12-6-5-9-15(18)10-11-16(19)17-13-14-7-3-2-4-8-14/h7,15H,2-6,8-13H2,1H3,(H,17,19)/t15-/m0/s1. The summed E-state index contributed by atoms with van der Waals surface area (Å²) in [7, 11) is 2.19. The summed E-state index contributed by atoms with van der Waals surface area (Å²) < 4.78 is 0. The molecule has 0 aromatic carbocycles. The molecule has 0 aromatic rings. The van der Waals surface area contributed by atoms with E-state index in [1.807, 2.05) is 0 Å². The van der Waals surface area contributed by atoms with Gasteiger partial charge in [-0.15, -0.1) is 0 Å². The number of hydrogen-bond donors (Lipinski definition) is 1. The molecule has 3 heteroatoms. The summed E-state index contributed by atoms with van der Waals surface area (Å²) in [6.07, 6.45) is 12.9. The molecule has 1 heterocycles. The molecule has 1 amide bonds. The fourth-order valence-electron chi connectivity index (χ4n) is 3.17. The molecule has 108 valence electrons. The van der Waals surface area contributed by atoms with Crippen LogP contribution in [-0.2, 0) is 4.79 Å². The van der Waals surface area contributed by atoms with Gasteiger partial charge in [-0.3, -0.25) is 4.79 Å². The maximum absolute atomic E-state index is 11.9. The molecule has 1 aliphatic heterocycles. The third-order valence-corrected chi connectivity index (χ3v) is 4.52. The number of piperidine rings is 1. The van der Waals surface area contributed by atoms with Gasteiger partial charge in [-0.25, -0.2) is 0 Å². The Labute approximate surface area is 117 Å². The maximum atomic E-state index is 11.9. The van der Waals surface area contributed by atoms with Crippen LogP contribution in [0, 0.1) is 0 Å². The van der Waals surface area contributed by atoms with Crippen LogP contribution in [0.25, 0.3) is 0 Å². The van der Waals surface area contributed by atoms with Gasteiger partial charge in [-0.2, -0.15) is 0 Å². The van der Waals surface area contributed by atoms with Crippen molar-refractivity contribution in [3.8, 4) is 0 Å². The van der Waals surface area contributed by atoms with E-state index in [0.717, 1.165) is 13.0 Å². The van der Waals surface area contributed by atoms with Gasteiger partial charge >= 0.3 is 0 Å². The molecular formula is C16H28N2O. The average Bonchev–Trinajstić information content (AvgIpc) is 2.45. The Morgan fingerprint density at radius 2 is 2.26 bits per heavy atom. The lowest BCUT2D eigenvalue weighted by atomic mass is 9.98. The number of nitrogens with one attached hydrogen (secondary N) is 1. The molecule has 2 aliphatic rings. The topological polar surface area (TPSA) is 32.3 Å². The van der Waals surface area contributed by atoms with Crippen LogP contribution >= 0.6 is 0 Å². The Morgan fingerprint density at radius 1 is 1.37 bits per heavy atom. The van der Waals surface area contributed by atoms with Crippen molar-refractivity contribution in [2.24, 2.45) is 0 Å². The Morgan fingerprint density at radius 3 is 3.00 bits per heavy atom. The first-order valence-corrected chi connectivity index (χ1v) is 7.90. The van der Waals surface area contributed by atoms with Gasteiger partial charge in [-0.05, 0) is 58.5 Å². The summed E-state index contributed by atoms with van der Waals surface area (Å²) in [6.45, 7) is 1.97. The third kappa shape index (κ3) is 4.98. The number of allylic oxidation sites excluding steroid dienone is 1. The Hall–Kier alpha value is -0.830. The van der Waals surface area contributed by atoms with Crippen LogP contribution in [0.2, 0.25) is 0 Å². The van der Waals surface area contributed by atoms with E-state index in [0.29, 0.717) is 12.5 Å². The minimum Gasteiger partial charge on any atom is -0.352 e. The molecule has 0 saturated carbocycles. The zero-order valence-electron chi connectivity index (χ0n) is 12.3. The van der Waals surface area contributed by atoms with Gasteiger partial charge in [0, 0.05) is 19.0 Å². The van der Waals surface area contributed by atoms with Crippen molar-refractivity contribution in [2.75, 3.05) is 20.1 Å². The van der Waals surface area contributed by atoms with Gasteiger partial charge in [-0.1, -0.05) is 18.1 Å². The van der Waals surface area contributed by atoms with Crippen molar-refractivity contribution in [2.45, 2.75) is 63.8 Å². The summed E-state index contributed by atoms with van der Waals surface area (Å²) in [4.78, 5) is 14.3. The van der Waals surface area contributed by atoms with E-state index in [1.165, 1.54) is 57.1 Å². The van der Waals surface area contributed by atoms with E-state index < -0.39 is 0 Å². The minimum absolute atomic E-state index is 0.227. The first kappa shape index (κ1) is 14.6. The van der Waals surface area contributed by atoms with E-state index in [4.69, 9.17) is 0 Å². The quantitative estimate of drug-likeness (QED) is 0.774. The highest BCUT2D eigenvalue weighted by atomic mass is 16.1. The second kappa shape index (κ2) is 7.68. The van der Waals surface area contributed by atoms with Gasteiger partial charge in [0.15, 0.2) is 0 Å². The van der Waals surface area contributed by atoms with E-state index in [1.54, 1.807) is 0 Å². The van der Waals surface area contributed by atoms with Crippen molar-refractivity contribution in [1.29, 1.82) is 0 Å². The number of hydrogen-bond acceptors (Lipinski definition) is 2. The molecule has 2 rings (SSSR count). The summed E-state index contributed by atoms with van der Waals surface area (Å²) in [5.74, 6) is 0.227. The molecule has 1 N–H and O–H groups in total. The smallest absolute Gasteiger partial charge is 0.220 e. The SMILES string of the molecule is CN1CCCC[C@H]1CCC(=O)NCC1=CCCCC1. The second-order valence-electron chi connectivity index (χ2n) is 6.05. The first-order chi connectivity index (χ1) is 9.25. The molecule has 0 bridgehead atoms. The van der Waals surface area contributed by atoms with Gasteiger partial charge in [0.25, 0.3) is 0 Å². The van der Waals surface area contributed by atoms with Crippen molar-refractivity contribution >= 4 is 5.91 Å². The van der Waals surface area contributed by atoms with Crippen LogP contribution in [0.3, 0.4) is 0 Å². The molecule has 0 aromatic heterocycles. The van der Waals surface area contributed by atoms with Crippen molar-refractivity contribution in [1.82, 2.24) is 10.2 Å². The lowest BCUT2D eigenvalue weighted by molar-refractivity contribution is -0.121. The van der Waals surface area contributed by atoms with Crippen molar-refractivity contribution < 1.29 is 4.79 Å². The first-order valence-electron chi connectivity index (χ1n) is 7.90. The highest BCUT2D eigenvalue weighted by molar-refractivity contribution is 5.76. The highest BCUT2D eigenvalue weighted by Gasteiger charge is 2.19. The fraction of sp³-hybridized carbons (Fsp3) is 0.812. The van der Waals surface area contributed by atoms with E-state index >= 15 is 0 Å². The predicted octanol–water partition coefficient (Wildman–Crippen LogP) is 2.87. The van der Waals surface area contributed by atoms with Crippen molar-refractivity contribution in [3.05, 3.63) is 11.6 Å². The summed E-state index contributed by atoms with van der Waals surface area (Å²) in [5, 5.41) is 3.08. The van der Waals surface area contributed by atoms with Crippen molar-refractivity contribution in [3.63, 3.8) is 0 Å². The molecule has 0 spiro atoms. The van der Waals surface area contributed by atoms with Crippen LogP contribution in [0.5, 0.6) is 0 Å². The summed E-state index contributed by atoms with van der Waals surface area (Å²) in [5.41, 5.74) is 1.43. The van der Waals surface area contributed by atoms with Gasteiger partial charge in [0.05, 0.1) is 0 Å². The van der Waals surface area contributed by atoms with E-state index in [-0.39, 0.29) is 5.91 Å². The zero-order valence-corrected chi connectivity index (χ0v) is 12.3. The fourth-order valence-corrected chi connectivity index (χ4v) is 3.17. The van der Waals surface area contributed by atoms with Crippen LogP contribution in [0.15, 0.2) is 11.6 Å². The number of amides is 1. The molecule has 1 aliphatic carbocycles. The second-order valence-corrected chi connectivity index (χ2v) is 6.05. The van der Waals surface area contributed by atoms with Gasteiger partial charge in [0.1, 0.15) is 0 Å². The monoisotopic (exact) mass is 264 g/mol. The summed E-state index contributed by atoms with van der Waals surface area (Å²) >= 11 is 0. The number of carbonyl (C=O) groups is 1.